The van der Waals surface area contributed by atoms with Crippen molar-refractivity contribution in [2.75, 3.05) is 36.9 Å². The van der Waals surface area contributed by atoms with Gasteiger partial charge in [-0.2, -0.15) is 4.31 Å². The van der Waals surface area contributed by atoms with Gasteiger partial charge in [-0.05, 0) is 49.4 Å². The molecule has 174 valence electrons. The Morgan fingerprint density at radius 1 is 1.09 bits per heavy atom. The standard InChI is InChI=1S/C20H22F3N3O5S/c1-14(24-15-5-7-17(8-6-15)31-20(21,22)23)19(27)25-16-3-2-4-18(13-16)32(28,29)26-9-11-30-12-10-26/h2-8,13-14,24H,9-12H2,1H3,(H,25,27). The topological polar surface area (TPSA) is 97.0 Å². The van der Waals surface area contributed by atoms with Crippen LogP contribution in [0.3, 0.4) is 0 Å². The van der Waals surface area contributed by atoms with Crippen molar-refractivity contribution in [3.05, 3.63) is 48.5 Å². The summed E-state index contributed by atoms with van der Waals surface area (Å²) in [5.74, 6) is -0.833. The van der Waals surface area contributed by atoms with Crippen LogP contribution in [-0.4, -0.2) is 57.3 Å². The van der Waals surface area contributed by atoms with E-state index in [4.69, 9.17) is 4.74 Å². The molecule has 1 aliphatic rings. The minimum Gasteiger partial charge on any atom is -0.406 e. The second-order valence-electron chi connectivity index (χ2n) is 6.97. The molecule has 12 heteroatoms. The number of alkyl halides is 3. The summed E-state index contributed by atoms with van der Waals surface area (Å²) in [4.78, 5) is 12.6. The van der Waals surface area contributed by atoms with E-state index in [-0.39, 0.29) is 23.7 Å². The van der Waals surface area contributed by atoms with Gasteiger partial charge < -0.3 is 20.1 Å². The first-order valence-electron chi connectivity index (χ1n) is 9.66. The number of amides is 1. The summed E-state index contributed by atoms with van der Waals surface area (Å²) in [5.41, 5.74) is 0.706. The summed E-state index contributed by atoms with van der Waals surface area (Å²) in [7, 11) is -3.71. The third-order valence-corrected chi connectivity index (χ3v) is 6.47. The van der Waals surface area contributed by atoms with E-state index in [1.807, 2.05) is 0 Å². The normalized spacial score (nSPS) is 16.2. The van der Waals surface area contributed by atoms with Crippen molar-refractivity contribution >= 4 is 27.3 Å². The van der Waals surface area contributed by atoms with E-state index in [0.717, 1.165) is 12.1 Å². The Balaban J connectivity index is 1.62. The zero-order chi connectivity index (χ0) is 23.4. The number of morpholine rings is 1. The Hall–Kier alpha value is -2.83. The van der Waals surface area contributed by atoms with Crippen LogP contribution in [0.1, 0.15) is 6.92 Å². The molecule has 0 spiro atoms. The van der Waals surface area contributed by atoms with Gasteiger partial charge in [-0.1, -0.05) is 6.07 Å². The predicted molar refractivity (Wildman–Crippen MR) is 111 cm³/mol. The molecule has 0 aliphatic carbocycles. The predicted octanol–water partition coefficient (Wildman–Crippen LogP) is 3.05. The molecule has 0 radical (unpaired) electrons. The van der Waals surface area contributed by atoms with Crippen LogP contribution in [-0.2, 0) is 19.6 Å². The Bertz CT molecular complexity index is 1040. The first-order valence-corrected chi connectivity index (χ1v) is 11.1. The highest BCUT2D eigenvalue weighted by molar-refractivity contribution is 7.89. The van der Waals surface area contributed by atoms with E-state index in [1.165, 1.54) is 34.6 Å². The maximum absolute atomic E-state index is 12.8. The van der Waals surface area contributed by atoms with Crippen LogP contribution < -0.4 is 15.4 Å². The van der Waals surface area contributed by atoms with E-state index in [0.29, 0.717) is 24.6 Å². The second kappa shape index (κ2) is 9.76. The van der Waals surface area contributed by atoms with Gasteiger partial charge in [0.2, 0.25) is 15.9 Å². The molecule has 2 aromatic rings. The number of carbonyl (C=O) groups is 1. The first kappa shape index (κ1) is 23.8. The zero-order valence-electron chi connectivity index (χ0n) is 17.1. The van der Waals surface area contributed by atoms with Crippen LogP contribution in [0.25, 0.3) is 0 Å². The van der Waals surface area contributed by atoms with Crippen LogP contribution in [0.2, 0.25) is 0 Å². The average molecular weight is 473 g/mol. The fourth-order valence-electron chi connectivity index (χ4n) is 2.99. The molecule has 1 fully saturated rings. The molecule has 1 saturated heterocycles. The highest BCUT2D eigenvalue weighted by Gasteiger charge is 2.31. The number of hydrogen-bond acceptors (Lipinski definition) is 6. The number of nitrogens with zero attached hydrogens (tertiary/aromatic N) is 1. The molecule has 1 aliphatic heterocycles. The molecule has 0 aromatic heterocycles. The highest BCUT2D eigenvalue weighted by atomic mass is 32.2. The number of carbonyl (C=O) groups excluding carboxylic acids is 1. The molecule has 1 heterocycles. The van der Waals surface area contributed by atoms with Gasteiger partial charge in [-0.25, -0.2) is 8.42 Å². The minimum atomic E-state index is -4.79. The van der Waals surface area contributed by atoms with Crippen molar-refractivity contribution in [1.29, 1.82) is 0 Å². The summed E-state index contributed by atoms with van der Waals surface area (Å²) >= 11 is 0. The molecule has 0 bridgehead atoms. The Labute approximate surface area is 183 Å². The van der Waals surface area contributed by atoms with Crippen molar-refractivity contribution in [3.8, 4) is 5.75 Å². The lowest BCUT2D eigenvalue weighted by Gasteiger charge is -2.26. The SMILES string of the molecule is CC(Nc1ccc(OC(F)(F)F)cc1)C(=O)Nc1cccc(S(=O)(=O)N2CCOCC2)c1. The molecule has 2 aromatic carbocycles. The number of rotatable bonds is 7. The van der Waals surface area contributed by atoms with E-state index < -0.39 is 28.3 Å². The molecule has 3 rings (SSSR count). The molecule has 1 atom stereocenters. The molecular formula is C20H22F3N3O5S. The van der Waals surface area contributed by atoms with E-state index in [2.05, 4.69) is 15.4 Å². The smallest absolute Gasteiger partial charge is 0.406 e. The number of benzene rings is 2. The number of ether oxygens (including phenoxy) is 2. The summed E-state index contributed by atoms with van der Waals surface area (Å²) < 4.78 is 72.6. The van der Waals surface area contributed by atoms with Gasteiger partial charge in [0.25, 0.3) is 0 Å². The monoisotopic (exact) mass is 473 g/mol. The summed E-state index contributed by atoms with van der Waals surface area (Å²) in [6.07, 6.45) is -4.79. The van der Waals surface area contributed by atoms with Gasteiger partial charge in [-0.15, -0.1) is 13.2 Å². The number of sulfonamides is 1. The van der Waals surface area contributed by atoms with Crippen molar-refractivity contribution < 1.29 is 35.9 Å². The first-order chi connectivity index (χ1) is 15.0. The molecule has 0 saturated carbocycles. The van der Waals surface area contributed by atoms with Gasteiger partial charge >= 0.3 is 6.36 Å². The molecule has 8 nitrogen and oxygen atoms in total. The Kier molecular flexibility index (Phi) is 7.26. The molecule has 1 unspecified atom stereocenters. The molecular weight excluding hydrogens is 451 g/mol. The van der Waals surface area contributed by atoms with Gasteiger partial charge in [0.15, 0.2) is 0 Å². The molecule has 1 amide bonds. The summed E-state index contributed by atoms with van der Waals surface area (Å²) in [5, 5.41) is 5.50. The lowest BCUT2D eigenvalue weighted by Crippen LogP contribution is -2.40. The molecule has 2 N–H and O–H groups in total. The zero-order valence-corrected chi connectivity index (χ0v) is 17.9. The second-order valence-corrected chi connectivity index (χ2v) is 8.91. The van der Waals surface area contributed by atoms with E-state index in [1.54, 1.807) is 13.0 Å². The highest BCUT2D eigenvalue weighted by Crippen LogP contribution is 2.24. The largest absolute Gasteiger partial charge is 0.573 e. The minimum absolute atomic E-state index is 0.0538. The maximum atomic E-state index is 12.8. The van der Waals surface area contributed by atoms with E-state index >= 15 is 0 Å². The van der Waals surface area contributed by atoms with Gasteiger partial charge in [0.1, 0.15) is 11.8 Å². The number of anilines is 2. The van der Waals surface area contributed by atoms with Crippen molar-refractivity contribution in [2.24, 2.45) is 0 Å². The average Bonchev–Trinajstić information content (AvgIpc) is 2.75. The third kappa shape index (κ3) is 6.34. The van der Waals surface area contributed by atoms with Crippen molar-refractivity contribution in [1.82, 2.24) is 4.31 Å². The third-order valence-electron chi connectivity index (χ3n) is 4.57. The van der Waals surface area contributed by atoms with Crippen LogP contribution >= 0.6 is 0 Å². The number of halogens is 3. The fourth-order valence-corrected chi connectivity index (χ4v) is 4.44. The quantitative estimate of drug-likeness (QED) is 0.642. The summed E-state index contributed by atoms with van der Waals surface area (Å²) in [6.45, 7) is 2.72. The van der Waals surface area contributed by atoms with Gasteiger partial charge in [0, 0.05) is 24.5 Å². The van der Waals surface area contributed by atoms with Crippen LogP contribution in [0.5, 0.6) is 5.75 Å². The number of hydrogen-bond donors (Lipinski definition) is 2. The fraction of sp³-hybridized carbons (Fsp3) is 0.350. The van der Waals surface area contributed by atoms with Crippen molar-refractivity contribution in [3.63, 3.8) is 0 Å². The molecule has 32 heavy (non-hydrogen) atoms. The maximum Gasteiger partial charge on any atom is 0.573 e. The van der Waals surface area contributed by atoms with Gasteiger partial charge in [0.05, 0.1) is 18.1 Å². The van der Waals surface area contributed by atoms with Crippen LogP contribution in [0.4, 0.5) is 24.5 Å². The Morgan fingerprint density at radius 2 is 1.75 bits per heavy atom. The van der Waals surface area contributed by atoms with Crippen LogP contribution in [0.15, 0.2) is 53.4 Å². The van der Waals surface area contributed by atoms with E-state index in [9.17, 15) is 26.4 Å². The van der Waals surface area contributed by atoms with Crippen molar-refractivity contribution in [2.45, 2.75) is 24.2 Å². The van der Waals surface area contributed by atoms with Crippen LogP contribution in [0, 0.1) is 0 Å². The van der Waals surface area contributed by atoms with Gasteiger partial charge in [-0.3, -0.25) is 4.79 Å². The Morgan fingerprint density at radius 3 is 2.38 bits per heavy atom. The lowest BCUT2D eigenvalue weighted by molar-refractivity contribution is -0.274. The number of nitrogens with one attached hydrogen (secondary N) is 2. The summed E-state index contributed by atoms with van der Waals surface area (Å²) in [6, 6.07) is 10.1. The lowest BCUT2D eigenvalue weighted by atomic mass is 10.2.